The van der Waals surface area contributed by atoms with Crippen LogP contribution in [-0.2, 0) is 21.2 Å². The van der Waals surface area contributed by atoms with Crippen LogP contribution in [0, 0.1) is 11.3 Å². The van der Waals surface area contributed by atoms with Gasteiger partial charge in [-0.3, -0.25) is 9.69 Å². The SMILES string of the molecule is CN1C(=O)[C@@]2(C[C@@]3(CCCOC3)Oc3ccc(-c4cc(C#N)ccc4C(F)(F)F)cc32)N=C1N. The number of ether oxygens (including phenoxy) is 2. The molecule has 7 nitrogen and oxygen atoms in total. The van der Waals surface area contributed by atoms with E-state index in [0.29, 0.717) is 24.3 Å². The Morgan fingerprint density at radius 2 is 2.03 bits per heavy atom. The summed E-state index contributed by atoms with van der Waals surface area (Å²) in [6, 6.07) is 9.63. The molecule has 0 aromatic heterocycles. The molecule has 3 aliphatic heterocycles. The Balaban J connectivity index is 1.72. The number of hydrogen-bond donors (Lipinski definition) is 1. The lowest BCUT2D eigenvalue weighted by molar-refractivity contribution is -0.139. The van der Waals surface area contributed by atoms with Crippen LogP contribution in [0.5, 0.6) is 5.75 Å². The molecule has 2 aromatic carbocycles. The molecule has 3 heterocycles. The number of likely N-dealkylation sites (N-methyl/N-ethyl adjacent to an activating group) is 1. The molecule has 176 valence electrons. The van der Waals surface area contributed by atoms with Crippen molar-refractivity contribution in [3.63, 3.8) is 0 Å². The first-order valence-corrected chi connectivity index (χ1v) is 10.8. The van der Waals surface area contributed by atoms with E-state index in [-0.39, 0.29) is 41.6 Å². The van der Waals surface area contributed by atoms with Crippen molar-refractivity contribution in [2.45, 2.75) is 36.6 Å². The van der Waals surface area contributed by atoms with Gasteiger partial charge in [0, 0.05) is 25.6 Å². The van der Waals surface area contributed by atoms with Crippen molar-refractivity contribution in [1.82, 2.24) is 4.90 Å². The van der Waals surface area contributed by atoms with Crippen LogP contribution >= 0.6 is 0 Å². The Morgan fingerprint density at radius 1 is 1.24 bits per heavy atom. The predicted octanol–water partition coefficient (Wildman–Crippen LogP) is 3.56. The number of nitrogens with zero attached hydrogens (tertiary/aromatic N) is 3. The van der Waals surface area contributed by atoms with E-state index in [1.807, 2.05) is 6.07 Å². The number of halogens is 3. The maximum atomic E-state index is 13.8. The minimum atomic E-state index is -4.64. The van der Waals surface area contributed by atoms with Gasteiger partial charge in [-0.05, 0) is 54.3 Å². The number of alkyl halides is 3. The number of nitriles is 1. The minimum absolute atomic E-state index is 0.0255. The molecule has 2 atom stereocenters. The zero-order valence-electron chi connectivity index (χ0n) is 18.3. The summed E-state index contributed by atoms with van der Waals surface area (Å²) in [5.74, 6) is 0.00162. The van der Waals surface area contributed by atoms with E-state index < -0.39 is 22.9 Å². The number of rotatable bonds is 1. The second-order valence-electron chi connectivity index (χ2n) is 8.89. The van der Waals surface area contributed by atoms with Crippen LogP contribution in [0.1, 0.15) is 36.0 Å². The molecule has 5 rings (SSSR count). The first-order valence-electron chi connectivity index (χ1n) is 10.8. The maximum Gasteiger partial charge on any atom is 0.417 e. The highest BCUT2D eigenvalue weighted by atomic mass is 19.4. The molecule has 0 saturated carbocycles. The second-order valence-corrected chi connectivity index (χ2v) is 8.89. The molecule has 1 amide bonds. The molecule has 0 bridgehead atoms. The smallest absolute Gasteiger partial charge is 0.417 e. The van der Waals surface area contributed by atoms with Crippen molar-refractivity contribution in [2.75, 3.05) is 20.3 Å². The molecular weight excluding hydrogens is 449 g/mol. The number of nitrogens with two attached hydrogens (primary N) is 1. The van der Waals surface area contributed by atoms with Crippen molar-refractivity contribution in [3.8, 4) is 22.9 Å². The summed E-state index contributed by atoms with van der Waals surface area (Å²) >= 11 is 0. The summed E-state index contributed by atoms with van der Waals surface area (Å²) in [6.45, 7) is 0.851. The van der Waals surface area contributed by atoms with E-state index in [2.05, 4.69) is 4.99 Å². The first-order chi connectivity index (χ1) is 16.1. The third-order valence-electron chi connectivity index (χ3n) is 6.69. The Labute approximate surface area is 193 Å². The van der Waals surface area contributed by atoms with E-state index in [4.69, 9.17) is 15.2 Å². The fourth-order valence-electron chi connectivity index (χ4n) is 5.08. The van der Waals surface area contributed by atoms with Crippen LogP contribution in [0.15, 0.2) is 41.4 Å². The molecule has 0 unspecified atom stereocenters. The molecule has 2 aromatic rings. The van der Waals surface area contributed by atoms with Crippen LogP contribution in [0.2, 0.25) is 0 Å². The molecule has 0 radical (unpaired) electrons. The third kappa shape index (κ3) is 3.30. The van der Waals surface area contributed by atoms with Gasteiger partial charge in [0.05, 0.1) is 23.8 Å². The molecule has 0 aliphatic carbocycles. The number of benzene rings is 2. The first kappa shape index (κ1) is 22.2. The lowest BCUT2D eigenvalue weighted by atomic mass is 9.73. The molecule has 34 heavy (non-hydrogen) atoms. The topological polar surface area (TPSA) is 101 Å². The Morgan fingerprint density at radius 3 is 2.65 bits per heavy atom. The van der Waals surface area contributed by atoms with Gasteiger partial charge in [0.2, 0.25) is 0 Å². The molecule has 1 saturated heterocycles. The lowest BCUT2D eigenvalue weighted by Crippen LogP contribution is -2.55. The molecule has 1 fully saturated rings. The number of fused-ring (bicyclic) bond motifs is 2. The fourth-order valence-corrected chi connectivity index (χ4v) is 5.08. The summed E-state index contributed by atoms with van der Waals surface area (Å²) in [7, 11) is 1.51. The Bertz CT molecular complexity index is 1260. The lowest BCUT2D eigenvalue weighted by Gasteiger charge is -2.46. The number of hydrogen-bond acceptors (Lipinski definition) is 6. The molecule has 3 aliphatic rings. The van der Waals surface area contributed by atoms with Gasteiger partial charge in [-0.15, -0.1) is 0 Å². The number of carbonyl (C=O) groups excluding carboxylic acids is 1. The Hall–Kier alpha value is -3.58. The highest BCUT2D eigenvalue weighted by molar-refractivity contribution is 6.07. The average Bonchev–Trinajstić information content (AvgIpc) is 3.02. The van der Waals surface area contributed by atoms with E-state index in [0.717, 1.165) is 18.6 Å². The average molecular weight is 470 g/mol. The van der Waals surface area contributed by atoms with Crippen LogP contribution in [0.4, 0.5) is 13.2 Å². The Kier molecular flexibility index (Phi) is 4.88. The van der Waals surface area contributed by atoms with Gasteiger partial charge >= 0.3 is 6.18 Å². The monoisotopic (exact) mass is 470 g/mol. The summed E-state index contributed by atoms with van der Waals surface area (Å²) in [4.78, 5) is 19.2. The van der Waals surface area contributed by atoms with Crippen molar-refractivity contribution in [2.24, 2.45) is 10.7 Å². The summed E-state index contributed by atoms with van der Waals surface area (Å²) in [5, 5.41) is 9.25. The van der Waals surface area contributed by atoms with Gasteiger partial charge in [0.25, 0.3) is 5.91 Å². The predicted molar refractivity (Wildman–Crippen MR) is 116 cm³/mol. The second kappa shape index (κ2) is 7.46. The highest BCUT2D eigenvalue weighted by Crippen LogP contribution is 2.52. The fraction of sp³-hybridized carbons (Fsp3) is 0.375. The summed E-state index contributed by atoms with van der Waals surface area (Å²) in [6.07, 6.45) is -3.10. The quantitative estimate of drug-likeness (QED) is 0.687. The number of aliphatic imine (C=N–C) groups is 1. The van der Waals surface area contributed by atoms with E-state index in [1.165, 1.54) is 30.1 Å². The van der Waals surface area contributed by atoms with Gasteiger partial charge in [0.1, 0.15) is 11.4 Å². The largest absolute Gasteiger partial charge is 0.484 e. The van der Waals surface area contributed by atoms with Crippen molar-refractivity contribution in [3.05, 3.63) is 53.1 Å². The van der Waals surface area contributed by atoms with Crippen molar-refractivity contribution >= 4 is 11.9 Å². The van der Waals surface area contributed by atoms with Gasteiger partial charge in [0.15, 0.2) is 11.5 Å². The summed E-state index contributed by atoms with van der Waals surface area (Å²) in [5.41, 5.74) is 3.36. The standard InChI is InChI=1S/C24H21F3N4O3/c1-31-20(32)23(30-21(31)29)12-22(7-2-8-33-13-22)34-19-6-4-15(10-18(19)23)16-9-14(11-28)3-5-17(16)24(25,26)27/h3-6,9-10H,2,7-8,12-13H2,1H3,(H2,29,30)/t22-,23+/m1/s1. The van der Waals surface area contributed by atoms with E-state index in [1.54, 1.807) is 6.07 Å². The van der Waals surface area contributed by atoms with E-state index >= 15 is 0 Å². The number of carbonyl (C=O) groups is 1. The molecule has 2 N–H and O–H groups in total. The number of amides is 1. The molecule has 2 spiro atoms. The third-order valence-corrected chi connectivity index (χ3v) is 6.69. The van der Waals surface area contributed by atoms with Gasteiger partial charge in [-0.1, -0.05) is 6.07 Å². The van der Waals surface area contributed by atoms with Crippen LogP contribution in [-0.4, -0.2) is 42.6 Å². The highest BCUT2D eigenvalue weighted by Gasteiger charge is 2.58. The van der Waals surface area contributed by atoms with Crippen molar-refractivity contribution in [1.29, 1.82) is 5.26 Å². The zero-order chi connectivity index (χ0) is 24.3. The zero-order valence-corrected chi connectivity index (χ0v) is 18.3. The molecular formula is C24H21F3N4O3. The van der Waals surface area contributed by atoms with Crippen LogP contribution in [0.25, 0.3) is 11.1 Å². The minimum Gasteiger partial charge on any atom is -0.484 e. The van der Waals surface area contributed by atoms with E-state index in [9.17, 15) is 23.2 Å². The van der Waals surface area contributed by atoms with Crippen LogP contribution < -0.4 is 10.5 Å². The van der Waals surface area contributed by atoms with Gasteiger partial charge in [-0.2, -0.15) is 18.4 Å². The van der Waals surface area contributed by atoms with Gasteiger partial charge < -0.3 is 15.2 Å². The van der Waals surface area contributed by atoms with Crippen molar-refractivity contribution < 1.29 is 27.4 Å². The summed E-state index contributed by atoms with van der Waals surface area (Å²) < 4.78 is 53.3. The van der Waals surface area contributed by atoms with Crippen LogP contribution in [0.3, 0.4) is 0 Å². The normalized spacial score (nSPS) is 26.3. The number of guanidine groups is 1. The maximum absolute atomic E-state index is 13.8. The molecule has 10 heteroatoms. The van der Waals surface area contributed by atoms with Gasteiger partial charge in [-0.25, -0.2) is 4.99 Å².